The molecule has 4 aromatic rings. The molecular weight excluding hydrogens is 342 g/mol. The third-order valence-electron chi connectivity index (χ3n) is 4.66. The summed E-state index contributed by atoms with van der Waals surface area (Å²) in [5.74, 6) is -0.199. The zero-order chi connectivity index (χ0) is 19.0. The molecule has 0 unspecified atom stereocenters. The normalized spacial score (nSPS) is 11.0. The highest BCUT2D eigenvalue weighted by atomic mass is 16.6. The molecule has 0 spiro atoms. The minimum absolute atomic E-state index is 0.0685. The number of carbonyl (C=O) groups excluding carboxylic acids is 1. The monoisotopic (exact) mass is 359 g/mol. The molecule has 3 aromatic carbocycles. The molecular formula is C21H17N3O3. The first kappa shape index (κ1) is 16.8. The van der Waals surface area contributed by atoms with E-state index in [1.807, 2.05) is 43.3 Å². The molecule has 27 heavy (non-hydrogen) atoms. The van der Waals surface area contributed by atoms with Gasteiger partial charge in [-0.25, -0.2) is 0 Å². The van der Waals surface area contributed by atoms with Crippen molar-refractivity contribution in [1.29, 1.82) is 0 Å². The van der Waals surface area contributed by atoms with Crippen molar-refractivity contribution in [3.05, 3.63) is 81.9 Å². The Labute approximate surface area is 155 Å². The number of nitrogens with one attached hydrogen (secondary N) is 2. The lowest BCUT2D eigenvalue weighted by atomic mass is 10.1. The molecule has 0 atom stereocenters. The van der Waals surface area contributed by atoms with Crippen molar-refractivity contribution in [3.63, 3.8) is 0 Å². The Kier molecular flexibility index (Phi) is 4.08. The van der Waals surface area contributed by atoms with Crippen LogP contribution in [0.15, 0.2) is 60.7 Å². The number of nitrogens with zero attached hydrogens (tertiary/aromatic N) is 1. The molecule has 1 aromatic heterocycles. The standard InChI is InChI=1S/C21H17N3O3/c1-2-13-10-16(24(26)27)12-18-17-11-15(8-9-19(17)23-20(13)18)22-21(25)14-6-4-3-5-7-14/h3-12,23H,2H2,1H3,(H,22,25). The fourth-order valence-electron chi connectivity index (χ4n) is 3.31. The van der Waals surface area contributed by atoms with Gasteiger partial charge in [0.2, 0.25) is 0 Å². The summed E-state index contributed by atoms with van der Waals surface area (Å²) in [5, 5.41) is 15.8. The summed E-state index contributed by atoms with van der Waals surface area (Å²) < 4.78 is 0. The highest BCUT2D eigenvalue weighted by Gasteiger charge is 2.15. The van der Waals surface area contributed by atoms with Gasteiger partial charge in [-0.2, -0.15) is 0 Å². The van der Waals surface area contributed by atoms with Crippen molar-refractivity contribution in [2.45, 2.75) is 13.3 Å². The number of aromatic nitrogens is 1. The van der Waals surface area contributed by atoms with E-state index in [4.69, 9.17) is 0 Å². The van der Waals surface area contributed by atoms with Crippen LogP contribution in [-0.2, 0) is 6.42 Å². The van der Waals surface area contributed by atoms with E-state index < -0.39 is 0 Å². The summed E-state index contributed by atoms with van der Waals surface area (Å²) in [6, 6.07) is 17.7. The van der Waals surface area contributed by atoms with E-state index in [2.05, 4.69) is 10.3 Å². The number of carbonyl (C=O) groups is 1. The van der Waals surface area contributed by atoms with E-state index in [1.165, 1.54) is 0 Å². The van der Waals surface area contributed by atoms with Gasteiger partial charge in [0.05, 0.1) is 10.4 Å². The van der Waals surface area contributed by atoms with Gasteiger partial charge >= 0.3 is 0 Å². The average molecular weight is 359 g/mol. The van der Waals surface area contributed by atoms with E-state index in [0.717, 1.165) is 27.4 Å². The Balaban J connectivity index is 1.81. The lowest BCUT2D eigenvalue weighted by Crippen LogP contribution is -2.11. The van der Waals surface area contributed by atoms with E-state index in [9.17, 15) is 14.9 Å². The van der Waals surface area contributed by atoms with Crippen LogP contribution in [0, 0.1) is 10.1 Å². The maximum Gasteiger partial charge on any atom is 0.270 e. The van der Waals surface area contributed by atoms with Crippen molar-refractivity contribution in [2.75, 3.05) is 5.32 Å². The number of non-ortho nitro benzene ring substituents is 1. The summed E-state index contributed by atoms with van der Waals surface area (Å²) in [6.07, 6.45) is 0.683. The van der Waals surface area contributed by atoms with Crippen LogP contribution < -0.4 is 5.32 Å². The summed E-state index contributed by atoms with van der Waals surface area (Å²) in [5.41, 5.74) is 3.94. The number of nitro groups is 1. The van der Waals surface area contributed by atoms with Crippen molar-refractivity contribution in [1.82, 2.24) is 4.98 Å². The van der Waals surface area contributed by atoms with E-state index in [1.54, 1.807) is 24.3 Å². The molecule has 2 N–H and O–H groups in total. The number of rotatable bonds is 4. The van der Waals surface area contributed by atoms with Gasteiger partial charge in [-0.15, -0.1) is 0 Å². The lowest BCUT2D eigenvalue weighted by Gasteiger charge is -2.05. The highest BCUT2D eigenvalue weighted by Crippen LogP contribution is 2.33. The van der Waals surface area contributed by atoms with Crippen molar-refractivity contribution < 1.29 is 9.72 Å². The molecule has 6 heteroatoms. The second-order valence-corrected chi connectivity index (χ2v) is 6.34. The van der Waals surface area contributed by atoms with Crippen LogP contribution in [0.25, 0.3) is 21.8 Å². The van der Waals surface area contributed by atoms with Gasteiger partial charge in [-0.3, -0.25) is 14.9 Å². The highest BCUT2D eigenvalue weighted by molar-refractivity contribution is 6.11. The maximum atomic E-state index is 12.4. The van der Waals surface area contributed by atoms with Gasteiger partial charge in [-0.1, -0.05) is 25.1 Å². The smallest absolute Gasteiger partial charge is 0.270 e. The van der Waals surface area contributed by atoms with E-state index in [0.29, 0.717) is 17.7 Å². The van der Waals surface area contributed by atoms with Crippen LogP contribution >= 0.6 is 0 Å². The number of benzene rings is 3. The molecule has 0 saturated heterocycles. The first-order valence-electron chi connectivity index (χ1n) is 8.66. The van der Waals surface area contributed by atoms with Crippen LogP contribution in [0.1, 0.15) is 22.8 Å². The molecule has 134 valence electrons. The second kappa shape index (κ2) is 6.57. The van der Waals surface area contributed by atoms with Crippen molar-refractivity contribution >= 4 is 39.1 Å². The number of amides is 1. The van der Waals surface area contributed by atoms with Crippen molar-refractivity contribution in [3.8, 4) is 0 Å². The van der Waals surface area contributed by atoms with E-state index in [-0.39, 0.29) is 16.5 Å². The molecule has 0 fully saturated rings. The first-order valence-corrected chi connectivity index (χ1v) is 8.66. The summed E-state index contributed by atoms with van der Waals surface area (Å²) >= 11 is 0. The minimum Gasteiger partial charge on any atom is -0.354 e. The number of hydrogen-bond donors (Lipinski definition) is 2. The van der Waals surface area contributed by atoms with Crippen LogP contribution in [0.3, 0.4) is 0 Å². The van der Waals surface area contributed by atoms with Gasteiger partial charge in [0.25, 0.3) is 11.6 Å². The molecule has 0 aliphatic carbocycles. The Hall–Kier alpha value is -3.67. The van der Waals surface area contributed by atoms with Gasteiger partial charge in [0.1, 0.15) is 0 Å². The molecule has 0 aliphatic heterocycles. The van der Waals surface area contributed by atoms with Crippen LogP contribution in [0.5, 0.6) is 0 Å². The van der Waals surface area contributed by atoms with Crippen molar-refractivity contribution in [2.24, 2.45) is 0 Å². The summed E-state index contributed by atoms with van der Waals surface area (Å²) in [6.45, 7) is 1.97. The number of anilines is 1. The van der Waals surface area contributed by atoms with E-state index >= 15 is 0 Å². The predicted molar refractivity (Wildman–Crippen MR) is 106 cm³/mol. The van der Waals surface area contributed by atoms with Crippen LogP contribution in [0.4, 0.5) is 11.4 Å². The average Bonchev–Trinajstić information content (AvgIpc) is 3.06. The largest absolute Gasteiger partial charge is 0.354 e. The fourth-order valence-corrected chi connectivity index (χ4v) is 3.31. The van der Waals surface area contributed by atoms with Crippen LogP contribution in [0.2, 0.25) is 0 Å². The molecule has 1 amide bonds. The molecule has 1 heterocycles. The Morgan fingerprint density at radius 1 is 1.07 bits per heavy atom. The molecule has 0 saturated carbocycles. The number of hydrogen-bond acceptors (Lipinski definition) is 3. The zero-order valence-electron chi connectivity index (χ0n) is 14.7. The quantitative estimate of drug-likeness (QED) is 0.395. The minimum atomic E-state index is -0.377. The van der Waals surface area contributed by atoms with Gasteiger partial charge in [-0.05, 0) is 42.3 Å². The summed E-state index contributed by atoms with van der Waals surface area (Å²) in [4.78, 5) is 26.6. The zero-order valence-corrected chi connectivity index (χ0v) is 14.7. The Morgan fingerprint density at radius 2 is 1.85 bits per heavy atom. The number of nitro benzene ring substituents is 1. The number of fused-ring (bicyclic) bond motifs is 3. The molecule has 0 aliphatic rings. The first-order chi connectivity index (χ1) is 13.1. The fraction of sp³-hybridized carbons (Fsp3) is 0.0952. The Morgan fingerprint density at radius 3 is 2.56 bits per heavy atom. The number of aromatic amines is 1. The SMILES string of the molecule is CCc1cc([N+](=O)[O-])cc2c1[nH]c1ccc(NC(=O)c3ccccc3)cc12. The predicted octanol–water partition coefficient (Wildman–Crippen LogP) is 5.04. The molecule has 0 radical (unpaired) electrons. The second-order valence-electron chi connectivity index (χ2n) is 6.34. The lowest BCUT2D eigenvalue weighted by molar-refractivity contribution is -0.384. The number of aryl methyl sites for hydroxylation is 1. The van der Waals surface area contributed by atoms with Gasteiger partial charge in [0.15, 0.2) is 0 Å². The Bertz CT molecular complexity index is 1180. The molecule has 0 bridgehead atoms. The van der Waals surface area contributed by atoms with Crippen LogP contribution in [-0.4, -0.2) is 15.8 Å². The van der Waals surface area contributed by atoms with Gasteiger partial charge in [0, 0.05) is 39.7 Å². The third-order valence-corrected chi connectivity index (χ3v) is 4.66. The van der Waals surface area contributed by atoms with Gasteiger partial charge < -0.3 is 10.3 Å². The molecule has 4 rings (SSSR count). The molecule has 6 nitrogen and oxygen atoms in total. The maximum absolute atomic E-state index is 12.4. The third kappa shape index (κ3) is 3.01. The topological polar surface area (TPSA) is 88.0 Å². The summed E-state index contributed by atoms with van der Waals surface area (Å²) in [7, 11) is 0. The number of H-pyrrole nitrogens is 1.